The van der Waals surface area contributed by atoms with Crippen LogP contribution in [0.4, 0.5) is 0 Å². The van der Waals surface area contributed by atoms with Crippen LogP contribution in [0.25, 0.3) is 0 Å². The summed E-state index contributed by atoms with van der Waals surface area (Å²) in [4.78, 5) is 14.7. The monoisotopic (exact) mass is 403 g/mol. The first-order valence-electron chi connectivity index (χ1n) is 9.70. The Morgan fingerprint density at radius 2 is 1.96 bits per heavy atom. The minimum absolute atomic E-state index is 0.126. The first-order valence-corrected chi connectivity index (χ1v) is 10.7. The number of nitrogen functional groups attached to an aromatic ring is 1. The number of nitrogens with zero attached hydrogens (tertiary/aromatic N) is 4. The number of nitrogens with two attached hydrogens (primary N) is 1. The molecule has 1 aromatic heterocycles. The van der Waals surface area contributed by atoms with Gasteiger partial charge in [-0.15, -0.1) is 10.2 Å². The topological polar surface area (TPSA) is 86.3 Å². The quantitative estimate of drug-likeness (QED) is 0.589. The minimum Gasteiger partial charge on any atom is -0.485 e. The van der Waals surface area contributed by atoms with E-state index < -0.39 is 0 Å². The number of piperidine rings is 1. The van der Waals surface area contributed by atoms with Crippen molar-refractivity contribution in [1.82, 2.24) is 19.8 Å². The lowest BCUT2D eigenvalue weighted by Gasteiger charge is -2.39. The summed E-state index contributed by atoms with van der Waals surface area (Å²) in [6, 6.07) is 6.59. The van der Waals surface area contributed by atoms with Gasteiger partial charge in [0.05, 0.1) is 5.75 Å². The number of likely N-dealkylation sites (tertiary alicyclic amines) is 1. The van der Waals surface area contributed by atoms with E-state index in [4.69, 9.17) is 10.6 Å². The van der Waals surface area contributed by atoms with Crippen molar-refractivity contribution in [3.63, 3.8) is 0 Å². The number of amides is 1. The van der Waals surface area contributed by atoms with E-state index in [0.717, 1.165) is 24.2 Å². The number of rotatable bonds is 6. The van der Waals surface area contributed by atoms with Crippen molar-refractivity contribution in [3.05, 3.63) is 35.2 Å². The predicted octanol–water partition coefficient (Wildman–Crippen LogP) is 3.07. The summed E-state index contributed by atoms with van der Waals surface area (Å²) in [5.74, 6) is 7.87. The largest absolute Gasteiger partial charge is 0.485 e. The fourth-order valence-corrected chi connectivity index (χ4v) is 4.47. The number of aromatic nitrogens is 3. The number of aryl methyl sites for hydroxylation is 2. The second kappa shape index (κ2) is 8.86. The van der Waals surface area contributed by atoms with Gasteiger partial charge >= 0.3 is 0 Å². The van der Waals surface area contributed by atoms with Crippen molar-refractivity contribution in [1.29, 1.82) is 0 Å². The number of carbonyl (C=O) groups excluding carboxylic acids is 1. The Kier molecular flexibility index (Phi) is 6.49. The summed E-state index contributed by atoms with van der Waals surface area (Å²) in [6.07, 6.45) is 3.31. The first-order chi connectivity index (χ1) is 13.4. The Labute approximate surface area is 170 Å². The number of carbonyl (C=O) groups is 1. The highest BCUT2D eigenvalue weighted by Gasteiger charge is 2.29. The van der Waals surface area contributed by atoms with Crippen LogP contribution >= 0.6 is 11.8 Å². The van der Waals surface area contributed by atoms with E-state index in [2.05, 4.69) is 30.1 Å². The number of thioether (sulfide) groups is 1. The van der Waals surface area contributed by atoms with Crippen molar-refractivity contribution < 1.29 is 9.53 Å². The second-order valence-corrected chi connectivity index (χ2v) is 8.49. The standard InChI is InChI=1S/C20H29N5O2S/c1-13-8-9-17(14(2)10-13)27-11-18-22-23-20(25(18)21)28-12-19(26)24-15(3)6-5-7-16(24)4/h8-10,15-16H,5-7,11-12,21H2,1-4H3/t15-,16-/m0/s1. The molecule has 2 heterocycles. The molecule has 0 aliphatic carbocycles. The lowest BCUT2D eigenvalue weighted by molar-refractivity contribution is -0.134. The SMILES string of the molecule is Cc1ccc(OCc2nnc(SCC(=O)N3[C@@H](C)CCC[C@@H]3C)n2N)c(C)c1. The molecule has 2 atom stereocenters. The Hall–Kier alpha value is -2.22. The van der Waals surface area contributed by atoms with Crippen molar-refractivity contribution >= 4 is 17.7 Å². The summed E-state index contributed by atoms with van der Waals surface area (Å²) in [6.45, 7) is 8.51. The molecule has 1 fully saturated rings. The molecule has 2 aromatic rings. The average Bonchev–Trinajstić information content (AvgIpc) is 2.99. The molecule has 0 spiro atoms. The fraction of sp³-hybridized carbons (Fsp3) is 0.550. The zero-order valence-electron chi connectivity index (χ0n) is 17.0. The maximum Gasteiger partial charge on any atom is 0.233 e. The maximum absolute atomic E-state index is 12.7. The summed E-state index contributed by atoms with van der Waals surface area (Å²) in [5.41, 5.74) is 2.25. The van der Waals surface area contributed by atoms with E-state index in [1.165, 1.54) is 28.4 Å². The molecular formula is C20H29N5O2S. The Bertz CT molecular complexity index is 828. The third-order valence-electron chi connectivity index (χ3n) is 5.23. The van der Waals surface area contributed by atoms with Crippen LogP contribution in [0.5, 0.6) is 5.75 Å². The highest BCUT2D eigenvalue weighted by Crippen LogP contribution is 2.25. The Balaban J connectivity index is 1.57. The van der Waals surface area contributed by atoms with E-state index in [1.807, 2.05) is 30.9 Å². The zero-order valence-corrected chi connectivity index (χ0v) is 17.8. The van der Waals surface area contributed by atoms with Gasteiger partial charge in [-0.1, -0.05) is 29.5 Å². The van der Waals surface area contributed by atoms with E-state index >= 15 is 0 Å². The molecule has 0 bridgehead atoms. The molecule has 0 unspecified atom stereocenters. The van der Waals surface area contributed by atoms with Crippen molar-refractivity contribution in [2.45, 2.75) is 70.8 Å². The molecule has 1 amide bonds. The first kappa shape index (κ1) is 20.5. The van der Waals surface area contributed by atoms with Gasteiger partial charge in [0, 0.05) is 12.1 Å². The Morgan fingerprint density at radius 1 is 1.25 bits per heavy atom. The zero-order chi connectivity index (χ0) is 20.3. The van der Waals surface area contributed by atoms with E-state index in [9.17, 15) is 4.79 Å². The van der Waals surface area contributed by atoms with Gasteiger partial charge in [0.2, 0.25) is 11.1 Å². The van der Waals surface area contributed by atoms with Crippen LogP contribution in [0.3, 0.4) is 0 Å². The number of hydrogen-bond acceptors (Lipinski definition) is 6. The number of benzene rings is 1. The van der Waals surface area contributed by atoms with Crippen LogP contribution in [0.1, 0.15) is 50.1 Å². The van der Waals surface area contributed by atoms with E-state index in [1.54, 1.807) is 0 Å². The molecule has 0 radical (unpaired) electrons. The van der Waals surface area contributed by atoms with Gasteiger partial charge in [-0.25, -0.2) is 4.68 Å². The molecule has 152 valence electrons. The molecule has 1 aliphatic rings. The van der Waals surface area contributed by atoms with Crippen LogP contribution < -0.4 is 10.6 Å². The minimum atomic E-state index is 0.126. The fourth-order valence-electron chi connectivity index (χ4n) is 3.72. The molecule has 28 heavy (non-hydrogen) atoms. The number of ether oxygens (including phenoxy) is 1. The molecule has 1 aromatic carbocycles. The molecule has 2 N–H and O–H groups in total. The van der Waals surface area contributed by atoms with Crippen LogP contribution in [0, 0.1) is 13.8 Å². The lowest BCUT2D eigenvalue weighted by Crippen LogP contribution is -2.48. The normalized spacial score (nSPS) is 19.6. The van der Waals surface area contributed by atoms with Gasteiger partial charge in [-0.3, -0.25) is 4.79 Å². The predicted molar refractivity (Wildman–Crippen MR) is 111 cm³/mol. The van der Waals surface area contributed by atoms with Gasteiger partial charge in [0.25, 0.3) is 0 Å². The molecular weight excluding hydrogens is 374 g/mol. The molecule has 0 saturated carbocycles. The summed E-state index contributed by atoms with van der Waals surface area (Å²) < 4.78 is 7.24. The van der Waals surface area contributed by atoms with Crippen molar-refractivity contribution in [3.8, 4) is 5.75 Å². The van der Waals surface area contributed by atoms with Crippen LogP contribution in [-0.4, -0.2) is 43.5 Å². The average molecular weight is 404 g/mol. The lowest BCUT2D eigenvalue weighted by atomic mass is 9.98. The Morgan fingerprint density at radius 3 is 2.64 bits per heavy atom. The molecule has 1 aliphatic heterocycles. The van der Waals surface area contributed by atoms with Gasteiger partial charge in [0.1, 0.15) is 12.4 Å². The van der Waals surface area contributed by atoms with Gasteiger partial charge < -0.3 is 15.5 Å². The van der Waals surface area contributed by atoms with Crippen LogP contribution in [-0.2, 0) is 11.4 Å². The summed E-state index contributed by atoms with van der Waals surface area (Å²) >= 11 is 1.32. The second-order valence-electron chi connectivity index (χ2n) is 7.55. The van der Waals surface area contributed by atoms with Crippen molar-refractivity contribution in [2.75, 3.05) is 11.6 Å². The number of hydrogen-bond donors (Lipinski definition) is 1. The highest BCUT2D eigenvalue weighted by atomic mass is 32.2. The van der Waals surface area contributed by atoms with Gasteiger partial charge in [-0.2, -0.15) is 0 Å². The maximum atomic E-state index is 12.7. The van der Waals surface area contributed by atoms with E-state index in [-0.39, 0.29) is 24.6 Å². The molecule has 7 nitrogen and oxygen atoms in total. The summed E-state index contributed by atoms with van der Waals surface area (Å²) in [5, 5.41) is 8.75. The third kappa shape index (κ3) is 4.60. The van der Waals surface area contributed by atoms with E-state index in [0.29, 0.717) is 16.7 Å². The molecule has 3 rings (SSSR count). The highest BCUT2D eigenvalue weighted by molar-refractivity contribution is 7.99. The third-order valence-corrected chi connectivity index (χ3v) is 6.16. The van der Waals surface area contributed by atoms with Crippen molar-refractivity contribution in [2.24, 2.45) is 0 Å². The molecule has 8 heteroatoms. The molecule has 1 saturated heterocycles. The van der Waals surface area contributed by atoms with Crippen LogP contribution in [0.15, 0.2) is 23.4 Å². The summed E-state index contributed by atoms with van der Waals surface area (Å²) in [7, 11) is 0. The smallest absolute Gasteiger partial charge is 0.233 e. The van der Waals surface area contributed by atoms with Crippen LogP contribution in [0.2, 0.25) is 0 Å². The van der Waals surface area contributed by atoms with Gasteiger partial charge in [-0.05, 0) is 58.6 Å². The van der Waals surface area contributed by atoms with Gasteiger partial charge in [0.15, 0.2) is 5.82 Å².